The van der Waals surface area contributed by atoms with Gasteiger partial charge in [-0.15, -0.1) is 0 Å². The van der Waals surface area contributed by atoms with Crippen molar-refractivity contribution in [3.05, 3.63) is 0 Å². The van der Waals surface area contributed by atoms with Gasteiger partial charge >= 0.3 is 0 Å². The number of likely N-dealkylation sites (N-methyl/N-ethyl adjacent to an activating group) is 1. The van der Waals surface area contributed by atoms with Gasteiger partial charge in [0, 0.05) is 6.92 Å². The van der Waals surface area contributed by atoms with Gasteiger partial charge in [-0.2, -0.15) is 0 Å². The van der Waals surface area contributed by atoms with E-state index in [2.05, 4.69) is 21.0 Å². The summed E-state index contributed by atoms with van der Waals surface area (Å²) in [7, 11) is 4.29. The lowest BCUT2D eigenvalue weighted by atomic mass is 10.4. The summed E-state index contributed by atoms with van der Waals surface area (Å²) in [4.78, 5) is 12.3. The van der Waals surface area contributed by atoms with Gasteiger partial charge < -0.3 is 4.48 Å². The molecule has 0 aromatic heterocycles. The van der Waals surface area contributed by atoms with Gasteiger partial charge in [0.25, 0.3) is 0 Å². The van der Waals surface area contributed by atoms with Crippen LogP contribution in [0.3, 0.4) is 0 Å². The largest absolute Gasteiger partial charge is 0.308 e. The van der Waals surface area contributed by atoms with Gasteiger partial charge in [-0.25, -0.2) is 0 Å². The Kier molecular flexibility index (Phi) is 1.68. The van der Waals surface area contributed by atoms with Crippen molar-refractivity contribution in [2.45, 2.75) is 13.1 Å². The van der Waals surface area contributed by atoms with Gasteiger partial charge in [0.2, 0.25) is 6.41 Å². The Morgan fingerprint density at radius 1 is 1.60 bits per heavy atom. The van der Waals surface area contributed by atoms with E-state index in [1.54, 1.807) is 0 Å². The molecule has 0 radical (unpaired) electrons. The van der Waals surface area contributed by atoms with Gasteiger partial charge in [0.1, 0.15) is 0 Å². The molecule has 0 aliphatic carbocycles. The third-order valence-electron chi connectivity index (χ3n) is 2.56. The number of rotatable bonds is 1. The highest BCUT2D eigenvalue weighted by atomic mass is 16.1. The van der Waals surface area contributed by atoms with E-state index < -0.39 is 0 Å². The normalized spacial score (nSPS) is 30.7. The van der Waals surface area contributed by atoms with Crippen LogP contribution in [0.2, 0.25) is 0 Å². The number of hydrogen-bond acceptors (Lipinski definition) is 1. The summed E-state index contributed by atoms with van der Waals surface area (Å²) in [5.41, 5.74) is 0. The molecule has 1 amide bonds. The molecule has 1 fully saturated rings. The second kappa shape index (κ2) is 2.23. The minimum atomic E-state index is 0.345. The van der Waals surface area contributed by atoms with E-state index in [4.69, 9.17) is 0 Å². The Balaban J connectivity index is 2.66. The molecule has 0 aromatic carbocycles. The lowest BCUT2D eigenvalue weighted by Gasteiger charge is -2.29. The first-order valence-corrected chi connectivity index (χ1v) is 3.61. The molecule has 1 rings (SSSR count). The fraction of sp³-hybridized carbons (Fsp3) is 0.857. The molecule has 1 unspecified atom stereocenters. The number of amides is 1. The van der Waals surface area contributed by atoms with E-state index in [0.29, 0.717) is 6.17 Å². The average Bonchev–Trinajstić information content (AvgIpc) is 2.10. The summed E-state index contributed by atoms with van der Waals surface area (Å²) < 4.78 is 0.929. The summed E-state index contributed by atoms with van der Waals surface area (Å²) in [6.45, 7) is 4.05. The maximum Gasteiger partial charge on any atom is 0.214 e. The third kappa shape index (κ3) is 1.01. The van der Waals surface area contributed by atoms with Gasteiger partial charge in [-0.05, 0) is 0 Å². The van der Waals surface area contributed by atoms with Gasteiger partial charge in [0.15, 0.2) is 6.17 Å². The van der Waals surface area contributed by atoms with Crippen LogP contribution in [-0.4, -0.2) is 49.1 Å². The number of quaternary nitrogens is 1. The Labute approximate surface area is 61.8 Å². The van der Waals surface area contributed by atoms with E-state index in [9.17, 15) is 4.79 Å². The van der Waals surface area contributed by atoms with Gasteiger partial charge in [-0.3, -0.25) is 9.69 Å². The fourth-order valence-corrected chi connectivity index (χ4v) is 1.29. The zero-order valence-corrected chi connectivity index (χ0v) is 6.87. The van der Waals surface area contributed by atoms with Crippen LogP contribution in [-0.2, 0) is 4.79 Å². The van der Waals surface area contributed by atoms with E-state index in [0.717, 1.165) is 24.0 Å². The fourth-order valence-electron chi connectivity index (χ4n) is 1.29. The molecule has 0 bridgehead atoms. The predicted molar refractivity (Wildman–Crippen MR) is 39.2 cm³/mol. The molecule has 1 atom stereocenters. The van der Waals surface area contributed by atoms with Crippen molar-refractivity contribution in [2.24, 2.45) is 0 Å². The number of carbonyl (C=O) groups is 1. The molecular formula is C7H15N2O+. The van der Waals surface area contributed by atoms with Crippen LogP contribution in [0.1, 0.15) is 6.92 Å². The second-order valence-electron chi connectivity index (χ2n) is 3.48. The molecule has 0 N–H and O–H groups in total. The van der Waals surface area contributed by atoms with Gasteiger partial charge in [-0.1, -0.05) is 0 Å². The van der Waals surface area contributed by atoms with Crippen LogP contribution >= 0.6 is 0 Å². The maximum absolute atomic E-state index is 10.4. The van der Waals surface area contributed by atoms with E-state index in [1.165, 1.54) is 0 Å². The van der Waals surface area contributed by atoms with Crippen LogP contribution in [0.5, 0.6) is 0 Å². The van der Waals surface area contributed by atoms with E-state index >= 15 is 0 Å². The highest BCUT2D eigenvalue weighted by molar-refractivity contribution is 5.47. The molecule has 1 aliphatic heterocycles. The number of hydrogen-bond donors (Lipinski definition) is 0. The van der Waals surface area contributed by atoms with Crippen molar-refractivity contribution in [1.29, 1.82) is 0 Å². The lowest BCUT2D eigenvalue weighted by molar-refractivity contribution is -0.904. The van der Waals surface area contributed by atoms with E-state index in [-0.39, 0.29) is 0 Å². The average molecular weight is 143 g/mol. The minimum absolute atomic E-state index is 0.345. The Morgan fingerprint density at radius 2 is 2.20 bits per heavy atom. The topological polar surface area (TPSA) is 20.3 Å². The second-order valence-corrected chi connectivity index (χ2v) is 3.48. The smallest absolute Gasteiger partial charge is 0.214 e. The minimum Gasteiger partial charge on any atom is -0.308 e. The predicted octanol–water partition coefficient (Wildman–Crippen LogP) is -0.119. The van der Waals surface area contributed by atoms with Gasteiger partial charge in [0.05, 0.1) is 27.2 Å². The molecule has 0 aromatic rings. The molecule has 1 aliphatic rings. The maximum atomic E-state index is 10.4. The first-order chi connectivity index (χ1) is 4.58. The van der Waals surface area contributed by atoms with Crippen LogP contribution in [0.15, 0.2) is 0 Å². The Hall–Kier alpha value is -0.570. The molecular weight excluding hydrogens is 128 g/mol. The van der Waals surface area contributed by atoms with Crippen molar-refractivity contribution in [3.63, 3.8) is 0 Å². The van der Waals surface area contributed by atoms with Crippen molar-refractivity contribution >= 4 is 6.41 Å². The molecule has 58 valence electrons. The summed E-state index contributed by atoms with van der Waals surface area (Å²) in [6.07, 6.45) is 1.29. The molecule has 1 saturated heterocycles. The highest BCUT2D eigenvalue weighted by Gasteiger charge is 2.35. The molecule has 3 heteroatoms. The van der Waals surface area contributed by atoms with Crippen molar-refractivity contribution in [3.8, 4) is 0 Å². The monoisotopic (exact) mass is 143 g/mol. The van der Waals surface area contributed by atoms with Crippen LogP contribution < -0.4 is 0 Å². The quantitative estimate of drug-likeness (QED) is 0.370. The molecule has 0 spiro atoms. The zero-order chi connectivity index (χ0) is 7.78. The third-order valence-corrected chi connectivity index (χ3v) is 2.56. The Bertz CT molecular complexity index is 145. The summed E-state index contributed by atoms with van der Waals surface area (Å²) in [5.74, 6) is 0. The summed E-state index contributed by atoms with van der Waals surface area (Å²) >= 11 is 0. The number of carbonyl (C=O) groups excluding carboxylic acids is 1. The lowest BCUT2D eigenvalue weighted by Crippen LogP contribution is -2.46. The molecule has 1 heterocycles. The molecule has 3 nitrogen and oxygen atoms in total. The summed E-state index contributed by atoms with van der Waals surface area (Å²) in [5, 5.41) is 0. The zero-order valence-electron chi connectivity index (χ0n) is 6.87. The van der Waals surface area contributed by atoms with Crippen LogP contribution in [0, 0.1) is 0 Å². The SMILES string of the molecule is CC1N(C=O)CC[N+]1(C)C. The first kappa shape index (κ1) is 7.54. The Morgan fingerprint density at radius 3 is 2.40 bits per heavy atom. The molecule has 10 heavy (non-hydrogen) atoms. The summed E-state index contributed by atoms with van der Waals surface area (Å²) in [6, 6.07) is 0. The van der Waals surface area contributed by atoms with Crippen molar-refractivity contribution < 1.29 is 9.28 Å². The van der Waals surface area contributed by atoms with Crippen LogP contribution in [0.4, 0.5) is 0 Å². The van der Waals surface area contributed by atoms with Crippen molar-refractivity contribution in [2.75, 3.05) is 27.2 Å². The van der Waals surface area contributed by atoms with Crippen LogP contribution in [0.25, 0.3) is 0 Å². The highest BCUT2D eigenvalue weighted by Crippen LogP contribution is 2.16. The number of nitrogens with zero attached hydrogens (tertiary/aromatic N) is 2. The molecule has 0 saturated carbocycles. The standard InChI is InChI=1S/C7H15N2O/c1-7-8(6-10)4-5-9(7,2)3/h6-7H,4-5H2,1-3H3/q+1. The van der Waals surface area contributed by atoms with Crippen molar-refractivity contribution in [1.82, 2.24) is 4.90 Å². The van der Waals surface area contributed by atoms with E-state index in [1.807, 2.05) is 4.90 Å². The first-order valence-electron chi connectivity index (χ1n) is 3.61.